The van der Waals surface area contributed by atoms with Crippen molar-refractivity contribution < 1.29 is 19.1 Å². The van der Waals surface area contributed by atoms with Crippen LogP contribution in [-0.2, 0) is 19.1 Å². The Balaban J connectivity index is 3.27. The first kappa shape index (κ1) is 30.9. The standard InChI is InChI=1S/C28H54O4/c1-4-6-7-8-9-10-11-12-13-14-15-16-17-18-19-24-31-27(29)21-20-22-28(30)32-25-23-26(3)5-2/h26H,4-25H2,1-3H3. The van der Waals surface area contributed by atoms with Crippen molar-refractivity contribution in [1.29, 1.82) is 0 Å². The Morgan fingerprint density at radius 2 is 0.969 bits per heavy atom. The third kappa shape index (κ3) is 23.6. The van der Waals surface area contributed by atoms with Crippen LogP contribution in [0.1, 0.15) is 149 Å². The van der Waals surface area contributed by atoms with Crippen molar-refractivity contribution in [1.82, 2.24) is 0 Å². The van der Waals surface area contributed by atoms with E-state index in [0.717, 1.165) is 25.7 Å². The maximum Gasteiger partial charge on any atom is 0.305 e. The molecule has 0 spiro atoms. The minimum absolute atomic E-state index is 0.192. The van der Waals surface area contributed by atoms with Crippen LogP contribution in [0, 0.1) is 5.92 Å². The Hall–Kier alpha value is -1.06. The van der Waals surface area contributed by atoms with E-state index in [4.69, 9.17) is 9.47 Å². The van der Waals surface area contributed by atoms with Crippen LogP contribution in [0.4, 0.5) is 0 Å². The van der Waals surface area contributed by atoms with Gasteiger partial charge in [-0.15, -0.1) is 0 Å². The van der Waals surface area contributed by atoms with Crippen LogP contribution in [0.2, 0.25) is 0 Å². The molecular weight excluding hydrogens is 400 g/mol. The summed E-state index contributed by atoms with van der Waals surface area (Å²) in [6.45, 7) is 7.56. The molecule has 0 saturated carbocycles. The summed E-state index contributed by atoms with van der Waals surface area (Å²) in [5, 5.41) is 0. The average molecular weight is 455 g/mol. The molecule has 0 aliphatic rings. The van der Waals surface area contributed by atoms with Crippen LogP contribution in [0.25, 0.3) is 0 Å². The number of esters is 2. The van der Waals surface area contributed by atoms with E-state index in [0.29, 0.717) is 38.4 Å². The summed E-state index contributed by atoms with van der Waals surface area (Å²) >= 11 is 0. The smallest absolute Gasteiger partial charge is 0.305 e. The number of unbranched alkanes of at least 4 members (excludes halogenated alkanes) is 14. The van der Waals surface area contributed by atoms with E-state index in [1.165, 1.54) is 83.5 Å². The zero-order chi connectivity index (χ0) is 23.7. The molecule has 0 aromatic rings. The van der Waals surface area contributed by atoms with Crippen LogP contribution >= 0.6 is 0 Å². The van der Waals surface area contributed by atoms with E-state index in [1.54, 1.807) is 0 Å². The van der Waals surface area contributed by atoms with Gasteiger partial charge in [-0.1, -0.05) is 117 Å². The fraction of sp³-hybridized carbons (Fsp3) is 0.929. The third-order valence-electron chi connectivity index (χ3n) is 6.34. The van der Waals surface area contributed by atoms with Crippen molar-refractivity contribution in [2.24, 2.45) is 5.92 Å². The van der Waals surface area contributed by atoms with Crippen LogP contribution in [0.3, 0.4) is 0 Å². The molecular formula is C28H54O4. The minimum Gasteiger partial charge on any atom is -0.466 e. The van der Waals surface area contributed by atoms with Crippen molar-refractivity contribution in [3.63, 3.8) is 0 Å². The van der Waals surface area contributed by atoms with Gasteiger partial charge in [-0.3, -0.25) is 9.59 Å². The highest BCUT2D eigenvalue weighted by Crippen LogP contribution is 2.13. The molecule has 0 radical (unpaired) electrons. The molecule has 32 heavy (non-hydrogen) atoms. The summed E-state index contributed by atoms with van der Waals surface area (Å²) in [4.78, 5) is 23.4. The quantitative estimate of drug-likeness (QED) is 0.108. The molecule has 0 aliphatic heterocycles. The van der Waals surface area contributed by atoms with E-state index in [1.807, 2.05) is 0 Å². The van der Waals surface area contributed by atoms with E-state index in [9.17, 15) is 9.59 Å². The second-order valence-electron chi connectivity index (χ2n) is 9.55. The highest BCUT2D eigenvalue weighted by molar-refractivity contribution is 5.72. The molecule has 0 fully saturated rings. The number of hydrogen-bond acceptors (Lipinski definition) is 4. The molecule has 190 valence electrons. The van der Waals surface area contributed by atoms with Gasteiger partial charge in [0.05, 0.1) is 13.2 Å². The largest absolute Gasteiger partial charge is 0.466 e. The molecule has 0 amide bonds. The first-order valence-corrected chi connectivity index (χ1v) is 13.9. The molecule has 0 aromatic heterocycles. The molecule has 0 aliphatic carbocycles. The van der Waals surface area contributed by atoms with Gasteiger partial charge < -0.3 is 9.47 Å². The van der Waals surface area contributed by atoms with Crippen LogP contribution in [0.5, 0.6) is 0 Å². The molecule has 0 saturated heterocycles. The summed E-state index contributed by atoms with van der Waals surface area (Å²) < 4.78 is 10.5. The maximum atomic E-state index is 11.7. The Kier molecular flexibility index (Phi) is 23.8. The molecule has 0 aromatic carbocycles. The monoisotopic (exact) mass is 454 g/mol. The summed E-state index contributed by atoms with van der Waals surface area (Å²) in [6, 6.07) is 0. The highest BCUT2D eigenvalue weighted by atomic mass is 16.5. The lowest BCUT2D eigenvalue weighted by Gasteiger charge is -2.09. The lowest BCUT2D eigenvalue weighted by atomic mass is 10.0. The van der Waals surface area contributed by atoms with Gasteiger partial charge in [-0.25, -0.2) is 0 Å². The van der Waals surface area contributed by atoms with E-state index in [2.05, 4.69) is 20.8 Å². The van der Waals surface area contributed by atoms with Gasteiger partial charge in [0.25, 0.3) is 0 Å². The predicted molar refractivity (Wildman–Crippen MR) is 135 cm³/mol. The second kappa shape index (κ2) is 24.6. The number of ether oxygens (including phenoxy) is 2. The SMILES string of the molecule is CCCCCCCCCCCCCCCCCOC(=O)CCCC(=O)OCCC(C)CC. The molecule has 0 rings (SSSR count). The minimum atomic E-state index is -0.205. The highest BCUT2D eigenvalue weighted by Gasteiger charge is 2.08. The first-order chi connectivity index (χ1) is 15.6. The fourth-order valence-electron chi connectivity index (χ4n) is 3.76. The molecule has 0 bridgehead atoms. The number of hydrogen-bond donors (Lipinski definition) is 0. The Morgan fingerprint density at radius 1 is 0.562 bits per heavy atom. The van der Waals surface area contributed by atoms with Gasteiger partial charge in [-0.05, 0) is 25.2 Å². The van der Waals surface area contributed by atoms with Crippen molar-refractivity contribution in [2.75, 3.05) is 13.2 Å². The zero-order valence-electron chi connectivity index (χ0n) is 21.8. The Bertz CT molecular complexity index is 422. The average Bonchev–Trinajstić information content (AvgIpc) is 2.78. The second-order valence-corrected chi connectivity index (χ2v) is 9.55. The van der Waals surface area contributed by atoms with Crippen LogP contribution in [-0.4, -0.2) is 25.2 Å². The number of rotatable bonds is 24. The molecule has 4 nitrogen and oxygen atoms in total. The number of carbonyl (C=O) groups excluding carboxylic acids is 2. The number of carbonyl (C=O) groups is 2. The van der Waals surface area contributed by atoms with Gasteiger partial charge in [-0.2, -0.15) is 0 Å². The molecule has 1 unspecified atom stereocenters. The summed E-state index contributed by atoms with van der Waals surface area (Å²) in [7, 11) is 0. The third-order valence-corrected chi connectivity index (χ3v) is 6.34. The van der Waals surface area contributed by atoms with Crippen LogP contribution < -0.4 is 0 Å². The summed E-state index contributed by atoms with van der Waals surface area (Å²) in [6.07, 6.45) is 23.1. The van der Waals surface area contributed by atoms with Gasteiger partial charge in [0, 0.05) is 12.8 Å². The van der Waals surface area contributed by atoms with E-state index < -0.39 is 0 Å². The molecule has 0 N–H and O–H groups in total. The topological polar surface area (TPSA) is 52.6 Å². The van der Waals surface area contributed by atoms with Gasteiger partial charge >= 0.3 is 11.9 Å². The Labute approximate surface area is 199 Å². The van der Waals surface area contributed by atoms with Gasteiger partial charge in [0.1, 0.15) is 0 Å². The lowest BCUT2D eigenvalue weighted by molar-refractivity contribution is -0.145. The van der Waals surface area contributed by atoms with E-state index >= 15 is 0 Å². The van der Waals surface area contributed by atoms with Crippen molar-refractivity contribution in [3.05, 3.63) is 0 Å². The van der Waals surface area contributed by atoms with E-state index in [-0.39, 0.29) is 11.9 Å². The normalized spacial score (nSPS) is 12.0. The molecule has 4 heteroatoms. The maximum absolute atomic E-state index is 11.7. The predicted octanol–water partition coefficient (Wildman–Crippen LogP) is 8.55. The first-order valence-electron chi connectivity index (χ1n) is 13.9. The lowest BCUT2D eigenvalue weighted by Crippen LogP contribution is -2.10. The van der Waals surface area contributed by atoms with Crippen molar-refractivity contribution in [2.45, 2.75) is 149 Å². The molecule has 1 atom stereocenters. The van der Waals surface area contributed by atoms with Crippen molar-refractivity contribution in [3.8, 4) is 0 Å². The van der Waals surface area contributed by atoms with Crippen molar-refractivity contribution >= 4 is 11.9 Å². The molecule has 0 heterocycles. The summed E-state index contributed by atoms with van der Waals surface area (Å²) in [5.41, 5.74) is 0. The summed E-state index contributed by atoms with van der Waals surface area (Å²) in [5.74, 6) is 0.184. The van der Waals surface area contributed by atoms with Crippen LogP contribution in [0.15, 0.2) is 0 Å². The zero-order valence-corrected chi connectivity index (χ0v) is 21.8. The van der Waals surface area contributed by atoms with Gasteiger partial charge in [0.15, 0.2) is 0 Å². The fourth-order valence-corrected chi connectivity index (χ4v) is 3.76. The Morgan fingerprint density at radius 3 is 1.41 bits per heavy atom. The van der Waals surface area contributed by atoms with Gasteiger partial charge in [0.2, 0.25) is 0 Å².